The zero-order valence-corrected chi connectivity index (χ0v) is 12.2. The lowest BCUT2D eigenvalue weighted by Gasteiger charge is -2.30. The first kappa shape index (κ1) is 13.7. The Kier molecular flexibility index (Phi) is 4.14. The number of benzene rings is 1. The first-order chi connectivity index (χ1) is 7.36. The molecule has 0 radical (unpaired) electrons. The third-order valence-corrected chi connectivity index (χ3v) is 9.60. The van der Waals surface area contributed by atoms with Crippen LogP contribution in [0.4, 0.5) is 0 Å². The molecule has 4 heteroatoms. The molecule has 1 atom stereocenters. The number of hydrogen-bond acceptors (Lipinski definition) is 3. The van der Waals surface area contributed by atoms with Crippen LogP contribution in [0, 0.1) is 0 Å². The van der Waals surface area contributed by atoms with Crippen LogP contribution in [0.15, 0.2) is 24.3 Å². The van der Waals surface area contributed by atoms with Gasteiger partial charge in [0.05, 0.1) is 12.4 Å². The van der Waals surface area contributed by atoms with Crippen LogP contribution >= 0.6 is 17.7 Å². The largest absolute Gasteiger partial charge is 0.496 e. The maximum atomic E-state index is 13.1. The van der Waals surface area contributed by atoms with E-state index in [1.165, 1.54) is 11.4 Å². The SMILES string of the molecule is COc1ccccc1P(=O)(SC)C(C)(C)C. The Labute approximate surface area is 102 Å². The van der Waals surface area contributed by atoms with Crippen LogP contribution in [-0.2, 0) is 4.57 Å². The van der Waals surface area contributed by atoms with Crippen molar-refractivity contribution in [2.24, 2.45) is 0 Å². The molecular weight excluding hydrogens is 239 g/mol. The smallest absolute Gasteiger partial charge is 0.175 e. The summed E-state index contributed by atoms with van der Waals surface area (Å²) in [7, 11) is 1.62. The molecular formula is C12H19O2PS. The highest BCUT2D eigenvalue weighted by Crippen LogP contribution is 2.66. The molecule has 2 nitrogen and oxygen atoms in total. The lowest BCUT2D eigenvalue weighted by molar-refractivity contribution is 0.417. The van der Waals surface area contributed by atoms with Gasteiger partial charge in [-0.05, 0) is 18.4 Å². The minimum Gasteiger partial charge on any atom is -0.496 e. The third kappa shape index (κ3) is 2.31. The minimum absolute atomic E-state index is 0.263. The molecule has 0 aliphatic rings. The zero-order valence-electron chi connectivity index (χ0n) is 10.5. The van der Waals surface area contributed by atoms with Gasteiger partial charge in [0.1, 0.15) is 5.75 Å². The topological polar surface area (TPSA) is 26.3 Å². The fourth-order valence-corrected chi connectivity index (χ4v) is 6.50. The Balaban J connectivity index is 3.40. The predicted molar refractivity (Wildman–Crippen MR) is 73.5 cm³/mol. The molecule has 0 aromatic heterocycles. The highest BCUT2D eigenvalue weighted by atomic mass is 32.7. The Hall–Kier alpha value is -0.400. The van der Waals surface area contributed by atoms with Crippen molar-refractivity contribution in [1.29, 1.82) is 0 Å². The van der Waals surface area contributed by atoms with Crippen molar-refractivity contribution in [3.8, 4) is 5.75 Å². The summed E-state index contributed by atoms with van der Waals surface area (Å²) in [6.07, 6.45) is -0.598. The van der Waals surface area contributed by atoms with E-state index < -0.39 is 6.34 Å². The first-order valence-corrected chi connectivity index (χ1v) is 8.70. The maximum absolute atomic E-state index is 13.1. The van der Waals surface area contributed by atoms with Crippen molar-refractivity contribution in [3.05, 3.63) is 24.3 Å². The van der Waals surface area contributed by atoms with Gasteiger partial charge in [0.2, 0.25) is 0 Å². The molecule has 16 heavy (non-hydrogen) atoms. The summed E-state index contributed by atoms with van der Waals surface area (Å²) >= 11 is 1.44. The second-order valence-electron chi connectivity index (χ2n) is 4.58. The summed E-state index contributed by atoms with van der Waals surface area (Å²) < 4.78 is 18.4. The van der Waals surface area contributed by atoms with E-state index in [-0.39, 0.29) is 5.16 Å². The standard InChI is InChI=1S/C12H19O2PS/c1-12(2,3)15(13,16-5)11-9-7-6-8-10(11)14-4/h6-9H,1-5H3. The molecule has 0 heterocycles. The van der Waals surface area contributed by atoms with Crippen molar-refractivity contribution in [2.45, 2.75) is 25.9 Å². The van der Waals surface area contributed by atoms with Crippen LogP contribution in [-0.4, -0.2) is 18.5 Å². The molecule has 0 aliphatic heterocycles. The lowest BCUT2D eigenvalue weighted by atomic mass is 10.3. The molecule has 1 unspecified atom stereocenters. The molecule has 0 N–H and O–H groups in total. The van der Waals surface area contributed by atoms with Crippen molar-refractivity contribution >= 4 is 23.0 Å². The van der Waals surface area contributed by atoms with E-state index >= 15 is 0 Å². The maximum Gasteiger partial charge on any atom is 0.175 e. The van der Waals surface area contributed by atoms with E-state index in [4.69, 9.17) is 4.74 Å². The Morgan fingerprint density at radius 2 is 1.81 bits per heavy atom. The van der Waals surface area contributed by atoms with Gasteiger partial charge in [-0.1, -0.05) is 44.3 Å². The van der Waals surface area contributed by atoms with Crippen LogP contribution in [0.5, 0.6) is 5.75 Å². The van der Waals surface area contributed by atoms with Gasteiger partial charge in [-0.3, -0.25) is 0 Å². The van der Waals surface area contributed by atoms with Crippen LogP contribution in [0.25, 0.3) is 0 Å². The molecule has 90 valence electrons. The fourth-order valence-electron chi connectivity index (χ4n) is 1.61. The highest BCUT2D eigenvalue weighted by molar-refractivity contribution is 8.60. The lowest BCUT2D eigenvalue weighted by Crippen LogP contribution is -2.22. The average Bonchev–Trinajstić information content (AvgIpc) is 2.26. The Bertz CT molecular complexity index is 410. The van der Waals surface area contributed by atoms with E-state index in [9.17, 15) is 4.57 Å². The van der Waals surface area contributed by atoms with Gasteiger partial charge in [-0.25, -0.2) is 0 Å². The van der Waals surface area contributed by atoms with E-state index in [1.54, 1.807) is 7.11 Å². The van der Waals surface area contributed by atoms with E-state index in [0.717, 1.165) is 11.1 Å². The molecule has 0 fully saturated rings. The number of ether oxygens (including phenoxy) is 1. The zero-order chi connectivity index (χ0) is 12.4. The second kappa shape index (κ2) is 4.85. The summed E-state index contributed by atoms with van der Waals surface area (Å²) in [5, 5.41) is 0.568. The number of rotatable bonds is 3. The fraction of sp³-hybridized carbons (Fsp3) is 0.500. The first-order valence-electron chi connectivity index (χ1n) is 5.16. The normalized spacial score (nSPS) is 15.6. The summed E-state index contributed by atoms with van der Waals surface area (Å²) in [6, 6.07) is 7.58. The Morgan fingerprint density at radius 3 is 2.25 bits per heavy atom. The third-order valence-electron chi connectivity index (χ3n) is 2.54. The van der Waals surface area contributed by atoms with Crippen molar-refractivity contribution in [3.63, 3.8) is 0 Å². The summed E-state index contributed by atoms with van der Waals surface area (Å²) in [5.41, 5.74) is 0. The van der Waals surface area contributed by atoms with Gasteiger partial charge in [0, 0.05) is 5.16 Å². The van der Waals surface area contributed by atoms with Gasteiger partial charge in [-0.15, -0.1) is 0 Å². The van der Waals surface area contributed by atoms with Gasteiger partial charge in [0.25, 0.3) is 0 Å². The summed E-state index contributed by atoms with van der Waals surface area (Å²) in [5.74, 6) is 0.718. The molecule has 0 amide bonds. The molecule has 1 aromatic carbocycles. The van der Waals surface area contributed by atoms with E-state index in [0.29, 0.717) is 0 Å². The quantitative estimate of drug-likeness (QED) is 0.772. The van der Waals surface area contributed by atoms with Gasteiger partial charge in [0.15, 0.2) is 6.34 Å². The Morgan fingerprint density at radius 1 is 1.25 bits per heavy atom. The number of para-hydroxylation sites is 1. The molecule has 0 saturated carbocycles. The van der Waals surface area contributed by atoms with E-state index in [1.807, 2.05) is 51.3 Å². The summed E-state index contributed by atoms with van der Waals surface area (Å²) in [4.78, 5) is 0. The molecule has 0 saturated heterocycles. The monoisotopic (exact) mass is 258 g/mol. The van der Waals surface area contributed by atoms with Crippen molar-refractivity contribution < 1.29 is 9.30 Å². The average molecular weight is 258 g/mol. The molecule has 0 spiro atoms. The van der Waals surface area contributed by atoms with Crippen molar-refractivity contribution in [2.75, 3.05) is 13.4 Å². The van der Waals surface area contributed by atoms with Gasteiger partial charge in [-0.2, -0.15) is 0 Å². The van der Waals surface area contributed by atoms with Crippen LogP contribution in [0.3, 0.4) is 0 Å². The minimum atomic E-state index is -2.50. The second-order valence-corrected chi connectivity index (χ2v) is 10.5. The molecule has 1 aromatic rings. The van der Waals surface area contributed by atoms with E-state index in [2.05, 4.69) is 0 Å². The molecule has 0 aliphatic carbocycles. The van der Waals surface area contributed by atoms with Gasteiger partial charge < -0.3 is 9.30 Å². The van der Waals surface area contributed by atoms with Crippen LogP contribution in [0.2, 0.25) is 0 Å². The summed E-state index contributed by atoms with van der Waals surface area (Å²) in [6.45, 7) is 6.03. The molecule has 1 rings (SSSR count). The molecule has 0 bridgehead atoms. The number of hydrogen-bond donors (Lipinski definition) is 0. The van der Waals surface area contributed by atoms with Crippen LogP contribution < -0.4 is 10.0 Å². The highest BCUT2D eigenvalue weighted by Gasteiger charge is 2.39. The van der Waals surface area contributed by atoms with Crippen molar-refractivity contribution in [1.82, 2.24) is 0 Å². The van der Waals surface area contributed by atoms with Crippen LogP contribution in [0.1, 0.15) is 20.8 Å². The van der Waals surface area contributed by atoms with Gasteiger partial charge >= 0.3 is 0 Å². The number of methoxy groups -OCH3 is 1. The predicted octanol–water partition coefficient (Wildman–Crippen LogP) is 3.76.